The van der Waals surface area contributed by atoms with Gasteiger partial charge in [-0.2, -0.15) is 0 Å². The van der Waals surface area contributed by atoms with E-state index in [-0.39, 0.29) is 36.6 Å². The number of carbonyl (C=O) groups is 6. The van der Waals surface area contributed by atoms with Crippen LogP contribution in [0.3, 0.4) is 0 Å². The number of ether oxygens (including phenoxy) is 2. The highest BCUT2D eigenvalue weighted by Crippen LogP contribution is 2.39. The van der Waals surface area contributed by atoms with E-state index in [2.05, 4.69) is 20.9 Å². The van der Waals surface area contributed by atoms with Gasteiger partial charge in [-0.25, -0.2) is 14.6 Å². The van der Waals surface area contributed by atoms with Gasteiger partial charge in [0.2, 0.25) is 17.7 Å². The van der Waals surface area contributed by atoms with Crippen LogP contribution < -0.4 is 20.9 Å². The molecule has 1 aromatic heterocycles. The molecule has 7 rings (SSSR count). The number of alkyl carbamates (subject to hydrolysis) is 2. The molecule has 4 atom stereocenters. The van der Waals surface area contributed by atoms with Crippen molar-refractivity contribution in [1.29, 1.82) is 0 Å². The van der Waals surface area contributed by atoms with Crippen molar-refractivity contribution in [1.82, 2.24) is 30.8 Å². The number of ketones is 1. The van der Waals surface area contributed by atoms with E-state index in [1.807, 2.05) is 68.4 Å². The lowest BCUT2D eigenvalue weighted by atomic mass is 10.0. The topological polar surface area (TPSA) is 192 Å². The number of imidazole rings is 1. The molecule has 3 aliphatic heterocycles. The summed E-state index contributed by atoms with van der Waals surface area (Å²) in [6, 6.07) is 17.6. The molecule has 59 heavy (non-hydrogen) atoms. The Hall–Kier alpha value is -6.22. The highest BCUT2D eigenvalue weighted by Gasteiger charge is 2.44. The van der Waals surface area contributed by atoms with Crippen LogP contribution in [0.25, 0.3) is 22.4 Å². The summed E-state index contributed by atoms with van der Waals surface area (Å²) in [6.45, 7) is 3.98. The van der Waals surface area contributed by atoms with Crippen molar-refractivity contribution in [3.63, 3.8) is 0 Å². The van der Waals surface area contributed by atoms with Gasteiger partial charge in [0.05, 0.1) is 32.5 Å². The molecule has 16 heteroatoms. The number of hydrogen-bond donors (Lipinski definition) is 4. The molecule has 1 fully saturated rings. The van der Waals surface area contributed by atoms with Crippen LogP contribution >= 0.6 is 11.6 Å². The normalized spacial score (nSPS) is 18.8. The molecule has 0 radical (unpaired) electrons. The molecule has 5 amide bonds. The Morgan fingerprint density at radius 3 is 2.24 bits per heavy atom. The zero-order chi connectivity index (χ0) is 42.0. The highest BCUT2D eigenvalue weighted by atomic mass is 35.5. The number of rotatable bonds is 11. The molecule has 0 bridgehead atoms. The molecule has 0 aliphatic carbocycles. The number of likely N-dealkylation sites (tertiary alicyclic amines) is 1. The SMILES string of the molecule is COC(=O)N[C@H]1CCc2cccc3c2N(C1=O)[C@H](C(=O)NCC(=O)c1ccc(-c2ccc(-c4nc([C@@H]5CCCN5C(=O)[C@@H](NC(=O)OC)C(C)C)[nH]c4Cl)cc2)cc1)C3. The van der Waals surface area contributed by atoms with E-state index in [1.165, 1.54) is 19.1 Å². The van der Waals surface area contributed by atoms with Crippen LogP contribution in [0.15, 0.2) is 66.7 Å². The average molecular weight is 824 g/mol. The quantitative estimate of drug-likeness (QED) is 0.144. The second-order valence-corrected chi connectivity index (χ2v) is 15.6. The van der Waals surface area contributed by atoms with Crippen LogP contribution in [0.2, 0.25) is 5.15 Å². The molecule has 3 aromatic carbocycles. The lowest BCUT2D eigenvalue weighted by molar-refractivity contribution is -0.135. The van der Waals surface area contributed by atoms with Crippen LogP contribution in [-0.4, -0.2) is 96.0 Å². The number of H-pyrrole nitrogens is 1. The van der Waals surface area contributed by atoms with Gasteiger partial charge in [0.15, 0.2) is 5.78 Å². The van der Waals surface area contributed by atoms with Crippen molar-refractivity contribution >= 4 is 53.0 Å². The van der Waals surface area contributed by atoms with Gasteiger partial charge in [-0.05, 0) is 53.9 Å². The Morgan fingerprint density at radius 1 is 0.898 bits per heavy atom. The number of aryl methyl sites for hydroxylation is 1. The largest absolute Gasteiger partial charge is 0.453 e. The number of para-hydroxylation sites is 1. The van der Waals surface area contributed by atoms with Gasteiger partial charge in [-0.15, -0.1) is 0 Å². The van der Waals surface area contributed by atoms with Crippen LogP contribution in [0.1, 0.15) is 66.5 Å². The van der Waals surface area contributed by atoms with E-state index in [0.717, 1.165) is 34.2 Å². The van der Waals surface area contributed by atoms with Gasteiger partial charge in [-0.3, -0.25) is 24.1 Å². The second kappa shape index (κ2) is 17.3. The third-order valence-electron chi connectivity index (χ3n) is 11.2. The van der Waals surface area contributed by atoms with E-state index < -0.39 is 42.1 Å². The summed E-state index contributed by atoms with van der Waals surface area (Å²) in [4.78, 5) is 89.2. The number of anilines is 1. The molecule has 0 unspecified atom stereocenters. The smallest absolute Gasteiger partial charge is 0.407 e. The van der Waals surface area contributed by atoms with E-state index in [9.17, 15) is 28.8 Å². The van der Waals surface area contributed by atoms with Crippen molar-refractivity contribution in [3.8, 4) is 22.4 Å². The fourth-order valence-corrected chi connectivity index (χ4v) is 8.39. The van der Waals surface area contributed by atoms with E-state index >= 15 is 0 Å². The summed E-state index contributed by atoms with van der Waals surface area (Å²) >= 11 is 6.67. The number of amides is 5. The van der Waals surface area contributed by atoms with Crippen molar-refractivity contribution in [2.45, 2.75) is 70.1 Å². The molecule has 0 spiro atoms. The standard InChI is InChI=1S/C43H46ClN7O8/c1-23(2)34(48-43(57)59-4)41(55)50-20-6-9-31(50)38-47-35(37(44)49-38)27-16-12-25(13-17-27)24-10-14-26(15-11-24)33(52)22-45-39(53)32-21-29-8-5-7-28-18-19-30(46-42(56)58-3)40(54)51(32)36(28)29/h5,7-8,10-17,23,30-32,34H,6,9,18-22H2,1-4H3,(H,45,53)(H,46,56)(H,47,49)(H,48,57)/t30-,31-,32-,34-/m0/s1. The Kier molecular flexibility index (Phi) is 12.0. The molecule has 4 heterocycles. The number of methoxy groups -OCH3 is 2. The van der Waals surface area contributed by atoms with Crippen LogP contribution in [0.5, 0.6) is 0 Å². The van der Waals surface area contributed by atoms with Gasteiger partial charge in [0.1, 0.15) is 34.8 Å². The predicted octanol–water partition coefficient (Wildman–Crippen LogP) is 5.37. The first kappa shape index (κ1) is 41.0. The molecular formula is C43H46ClN7O8. The number of benzene rings is 3. The van der Waals surface area contributed by atoms with Crippen molar-refractivity contribution in [2.24, 2.45) is 5.92 Å². The first-order valence-electron chi connectivity index (χ1n) is 19.6. The van der Waals surface area contributed by atoms with Gasteiger partial charge in [-0.1, -0.05) is 92.2 Å². The summed E-state index contributed by atoms with van der Waals surface area (Å²) < 4.78 is 9.46. The monoisotopic (exact) mass is 823 g/mol. The van der Waals surface area contributed by atoms with Gasteiger partial charge in [0.25, 0.3) is 0 Å². The summed E-state index contributed by atoms with van der Waals surface area (Å²) in [5, 5.41) is 8.34. The predicted molar refractivity (Wildman–Crippen MR) is 219 cm³/mol. The number of Topliss-reactive ketones (excluding diaryl/α,β-unsaturated/α-hetero) is 1. The zero-order valence-corrected chi connectivity index (χ0v) is 33.9. The Labute approximate surface area is 346 Å². The minimum atomic E-state index is -0.874. The third-order valence-corrected chi connectivity index (χ3v) is 11.5. The van der Waals surface area contributed by atoms with Gasteiger partial charge >= 0.3 is 12.2 Å². The molecule has 308 valence electrons. The maximum absolute atomic E-state index is 13.7. The highest BCUT2D eigenvalue weighted by molar-refractivity contribution is 6.32. The number of aromatic nitrogens is 2. The summed E-state index contributed by atoms with van der Waals surface area (Å²) in [5.41, 5.74) is 5.94. The van der Waals surface area contributed by atoms with Crippen molar-refractivity contribution in [3.05, 3.63) is 94.4 Å². The minimum absolute atomic E-state index is 0.158. The van der Waals surface area contributed by atoms with Gasteiger partial charge in [0, 0.05) is 24.1 Å². The van der Waals surface area contributed by atoms with E-state index in [0.29, 0.717) is 53.7 Å². The van der Waals surface area contributed by atoms with Gasteiger partial charge < -0.3 is 35.3 Å². The average Bonchev–Trinajstić information content (AvgIpc) is 3.98. The first-order chi connectivity index (χ1) is 28.4. The number of carbonyl (C=O) groups excluding carboxylic acids is 6. The molecule has 4 N–H and O–H groups in total. The van der Waals surface area contributed by atoms with E-state index in [4.69, 9.17) is 26.1 Å². The molecule has 0 saturated carbocycles. The lowest BCUT2D eigenvalue weighted by Gasteiger charge is -2.29. The second-order valence-electron chi connectivity index (χ2n) is 15.2. The summed E-state index contributed by atoms with van der Waals surface area (Å²) in [7, 11) is 2.49. The minimum Gasteiger partial charge on any atom is -0.453 e. The van der Waals surface area contributed by atoms with Crippen LogP contribution in [0, 0.1) is 5.92 Å². The molecular weight excluding hydrogens is 778 g/mol. The Morgan fingerprint density at radius 2 is 1.56 bits per heavy atom. The fourth-order valence-electron chi connectivity index (χ4n) is 8.14. The summed E-state index contributed by atoms with van der Waals surface area (Å²) in [5.74, 6) is -0.961. The van der Waals surface area contributed by atoms with Crippen LogP contribution in [0.4, 0.5) is 15.3 Å². The van der Waals surface area contributed by atoms with Crippen LogP contribution in [-0.2, 0) is 36.7 Å². The Balaban J connectivity index is 0.981. The maximum atomic E-state index is 13.7. The first-order valence-corrected chi connectivity index (χ1v) is 20.0. The number of halogens is 1. The fraction of sp³-hybridized carbons (Fsp3) is 0.372. The van der Waals surface area contributed by atoms with Crippen molar-refractivity contribution < 1.29 is 38.2 Å². The molecule has 3 aliphatic rings. The molecule has 1 saturated heterocycles. The summed E-state index contributed by atoms with van der Waals surface area (Å²) in [6.07, 6.45) is 1.26. The van der Waals surface area contributed by atoms with Crippen molar-refractivity contribution in [2.75, 3.05) is 32.2 Å². The number of nitrogens with zero attached hydrogens (tertiary/aromatic N) is 3. The molecule has 15 nitrogen and oxygen atoms in total. The third kappa shape index (κ3) is 8.37. The molecule has 4 aromatic rings. The number of hydrogen-bond acceptors (Lipinski definition) is 9. The number of nitrogens with one attached hydrogen (secondary N) is 4. The van der Waals surface area contributed by atoms with E-state index in [1.54, 1.807) is 17.0 Å². The Bertz CT molecular complexity index is 2280. The zero-order valence-electron chi connectivity index (χ0n) is 33.2. The lowest BCUT2D eigenvalue weighted by Crippen LogP contribution is -2.54. The maximum Gasteiger partial charge on any atom is 0.407 e. The number of aromatic amines is 1.